The van der Waals surface area contributed by atoms with Crippen LogP contribution in [-0.2, 0) is 0 Å². The van der Waals surface area contributed by atoms with Crippen molar-refractivity contribution in [2.24, 2.45) is 0 Å². The molecule has 0 aliphatic heterocycles. The molecule has 0 saturated heterocycles. The standard InChI is InChI=1S/C46H30N2S2/c1-2-13-36(14-3-1)48(37-20-17-30-9-4-5-10-32(30)26-37)38-21-24-45-42(29-38)40-22-18-33(27-46(40)50-45)31-11-8-12-34(25-31)47-35-19-23-44-41(28-35)39-15-6-7-16-43(39)49-44/h1-29,47H. The number of nitrogens with one attached hydrogen (secondary N) is 1. The van der Waals surface area contributed by atoms with Crippen molar-refractivity contribution in [2.75, 3.05) is 10.2 Å². The van der Waals surface area contributed by atoms with E-state index in [1.807, 2.05) is 22.7 Å². The molecule has 0 atom stereocenters. The summed E-state index contributed by atoms with van der Waals surface area (Å²) in [4.78, 5) is 2.36. The van der Waals surface area contributed by atoms with E-state index in [9.17, 15) is 0 Å². The van der Waals surface area contributed by atoms with Crippen LogP contribution in [0.5, 0.6) is 0 Å². The highest BCUT2D eigenvalue weighted by molar-refractivity contribution is 7.26. The van der Waals surface area contributed by atoms with E-state index in [4.69, 9.17) is 0 Å². The van der Waals surface area contributed by atoms with Crippen molar-refractivity contribution in [1.29, 1.82) is 0 Å². The largest absolute Gasteiger partial charge is 0.355 e. The molecule has 0 spiro atoms. The Kier molecular flexibility index (Phi) is 6.90. The maximum atomic E-state index is 3.68. The lowest BCUT2D eigenvalue weighted by Gasteiger charge is -2.26. The molecule has 0 fully saturated rings. The molecule has 0 aliphatic rings. The van der Waals surface area contributed by atoms with Crippen LogP contribution in [0.1, 0.15) is 0 Å². The van der Waals surface area contributed by atoms with E-state index in [1.165, 1.54) is 62.2 Å². The number of hydrogen-bond donors (Lipinski definition) is 1. The van der Waals surface area contributed by atoms with Crippen LogP contribution in [0.2, 0.25) is 0 Å². The van der Waals surface area contributed by atoms with Crippen LogP contribution in [0.3, 0.4) is 0 Å². The van der Waals surface area contributed by atoms with Gasteiger partial charge in [0.15, 0.2) is 0 Å². The number of para-hydroxylation sites is 1. The van der Waals surface area contributed by atoms with E-state index >= 15 is 0 Å². The maximum Gasteiger partial charge on any atom is 0.0468 e. The number of benzene rings is 8. The first-order valence-electron chi connectivity index (χ1n) is 16.8. The van der Waals surface area contributed by atoms with Crippen LogP contribution < -0.4 is 10.2 Å². The van der Waals surface area contributed by atoms with Crippen LogP contribution in [0.4, 0.5) is 28.4 Å². The summed E-state index contributed by atoms with van der Waals surface area (Å²) in [5, 5.41) is 11.3. The molecule has 1 N–H and O–H groups in total. The van der Waals surface area contributed by atoms with Crippen LogP contribution >= 0.6 is 22.7 Å². The van der Waals surface area contributed by atoms with Gasteiger partial charge >= 0.3 is 0 Å². The van der Waals surface area contributed by atoms with Crippen LogP contribution in [-0.4, -0.2) is 0 Å². The second kappa shape index (κ2) is 11.9. The first kappa shape index (κ1) is 29.0. The summed E-state index contributed by atoms with van der Waals surface area (Å²) in [6.45, 7) is 0. The summed E-state index contributed by atoms with van der Waals surface area (Å²) in [5.41, 5.74) is 8.03. The fourth-order valence-electron chi connectivity index (χ4n) is 7.17. The molecule has 0 bridgehead atoms. The maximum absolute atomic E-state index is 3.68. The van der Waals surface area contributed by atoms with Gasteiger partial charge in [-0.15, -0.1) is 22.7 Å². The van der Waals surface area contributed by atoms with Crippen molar-refractivity contribution >= 4 is 102 Å². The average molecular weight is 675 g/mol. The molecule has 0 radical (unpaired) electrons. The Labute approximate surface area is 298 Å². The third-order valence-corrected chi connectivity index (χ3v) is 11.9. The molecule has 50 heavy (non-hydrogen) atoms. The van der Waals surface area contributed by atoms with E-state index in [-0.39, 0.29) is 0 Å². The predicted octanol–water partition coefficient (Wildman–Crippen LogP) is 14.5. The lowest BCUT2D eigenvalue weighted by atomic mass is 10.0. The predicted molar refractivity (Wildman–Crippen MR) is 220 cm³/mol. The SMILES string of the molecule is c1ccc(N(c2ccc3ccccc3c2)c2ccc3sc4cc(-c5cccc(Nc6ccc7sc8ccccc8c7c6)c5)ccc4c3c2)cc1. The van der Waals surface area contributed by atoms with E-state index < -0.39 is 0 Å². The topological polar surface area (TPSA) is 15.3 Å². The highest BCUT2D eigenvalue weighted by atomic mass is 32.1. The van der Waals surface area contributed by atoms with Gasteiger partial charge in [0.1, 0.15) is 0 Å². The quantitative estimate of drug-likeness (QED) is 0.189. The van der Waals surface area contributed by atoms with Gasteiger partial charge in [0.25, 0.3) is 0 Å². The average Bonchev–Trinajstić information content (AvgIpc) is 3.73. The number of thiophene rings is 2. The monoisotopic (exact) mass is 674 g/mol. The fourth-order valence-corrected chi connectivity index (χ4v) is 9.38. The molecule has 4 heteroatoms. The molecule has 10 aromatic rings. The highest BCUT2D eigenvalue weighted by Gasteiger charge is 2.16. The van der Waals surface area contributed by atoms with Crippen LogP contribution in [0.15, 0.2) is 176 Å². The summed E-state index contributed by atoms with van der Waals surface area (Å²) < 4.78 is 5.22. The normalized spacial score (nSPS) is 11.6. The summed E-state index contributed by atoms with van der Waals surface area (Å²) in [5.74, 6) is 0. The van der Waals surface area contributed by atoms with Crippen molar-refractivity contribution in [2.45, 2.75) is 0 Å². The van der Waals surface area contributed by atoms with Gasteiger partial charge in [0, 0.05) is 68.8 Å². The highest BCUT2D eigenvalue weighted by Crippen LogP contribution is 2.42. The Balaban J connectivity index is 0.998. The first-order chi connectivity index (χ1) is 24.7. The zero-order valence-corrected chi connectivity index (χ0v) is 28.6. The second-order valence-electron chi connectivity index (χ2n) is 12.7. The van der Waals surface area contributed by atoms with Crippen LogP contribution in [0.25, 0.3) is 62.2 Å². The molecular weight excluding hydrogens is 645 g/mol. The molecule has 2 heterocycles. The van der Waals surface area contributed by atoms with E-state index in [2.05, 4.69) is 186 Å². The van der Waals surface area contributed by atoms with Crippen molar-refractivity contribution < 1.29 is 0 Å². The number of anilines is 5. The molecule has 2 nitrogen and oxygen atoms in total. The molecule has 2 aromatic heterocycles. The van der Waals surface area contributed by atoms with Gasteiger partial charge in [-0.05, 0) is 107 Å². The smallest absolute Gasteiger partial charge is 0.0468 e. The lowest BCUT2D eigenvalue weighted by Crippen LogP contribution is -2.09. The van der Waals surface area contributed by atoms with Gasteiger partial charge in [-0.25, -0.2) is 0 Å². The van der Waals surface area contributed by atoms with E-state index in [1.54, 1.807) is 0 Å². The van der Waals surface area contributed by atoms with E-state index in [0.29, 0.717) is 0 Å². The minimum Gasteiger partial charge on any atom is -0.355 e. The summed E-state index contributed by atoms with van der Waals surface area (Å²) in [6.07, 6.45) is 0. The molecule has 236 valence electrons. The molecule has 8 aromatic carbocycles. The minimum absolute atomic E-state index is 1.08. The number of nitrogens with zero attached hydrogens (tertiary/aromatic N) is 1. The van der Waals surface area contributed by atoms with Gasteiger partial charge in [-0.3, -0.25) is 0 Å². The zero-order valence-electron chi connectivity index (χ0n) is 27.0. The molecule has 0 aliphatic carbocycles. The van der Waals surface area contributed by atoms with Gasteiger partial charge in [-0.1, -0.05) is 91.0 Å². The third kappa shape index (κ3) is 5.09. The molecule has 10 rings (SSSR count). The summed E-state index contributed by atoms with van der Waals surface area (Å²) in [6, 6.07) is 63.8. The Bertz CT molecular complexity index is 2870. The summed E-state index contributed by atoms with van der Waals surface area (Å²) in [7, 11) is 0. The van der Waals surface area contributed by atoms with Crippen molar-refractivity contribution in [3.05, 3.63) is 176 Å². The summed E-state index contributed by atoms with van der Waals surface area (Å²) >= 11 is 3.71. The molecule has 0 saturated carbocycles. The van der Waals surface area contributed by atoms with E-state index in [0.717, 1.165) is 28.4 Å². The molecule has 0 amide bonds. The van der Waals surface area contributed by atoms with Gasteiger partial charge in [0.2, 0.25) is 0 Å². The third-order valence-electron chi connectivity index (χ3n) is 9.58. The number of hydrogen-bond acceptors (Lipinski definition) is 4. The minimum atomic E-state index is 1.08. The Morgan fingerprint density at radius 1 is 0.340 bits per heavy atom. The van der Waals surface area contributed by atoms with Crippen molar-refractivity contribution in [1.82, 2.24) is 0 Å². The van der Waals surface area contributed by atoms with Crippen LogP contribution in [0, 0.1) is 0 Å². The molecular formula is C46H30N2S2. The first-order valence-corrected chi connectivity index (χ1v) is 18.5. The van der Waals surface area contributed by atoms with Crippen molar-refractivity contribution in [3.8, 4) is 11.1 Å². The van der Waals surface area contributed by atoms with Gasteiger partial charge in [-0.2, -0.15) is 0 Å². The van der Waals surface area contributed by atoms with Crippen molar-refractivity contribution in [3.63, 3.8) is 0 Å². The Morgan fingerprint density at radius 2 is 1.00 bits per heavy atom. The Morgan fingerprint density at radius 3 is 1.92 bits per heavy atom. The van der Waals surface area contributed by atoms with Gasteiger partial charge in [0.05, 0.1) is 0 Å². The number of fused-ring (bicyclic) bond motifs is 7. The lowest BCUT2D eigenvalue weighted by molar-refractivity contribution is 1.30. The number of rotatable bonds is 6. The second-order valence-corrected chi connectivity index (χ2v) is 14.9. The zero-order chi connectivity index (χ0) is 33.0. The van der Waals surface area contributed by atoms with Gasteiger partial charge < -0.3 is 10.2 Å². The Hall–Kier alpha value is -5.94. The fraction of sp³-hybridized carbons (Fsp3) is 0. The molecule has 0 unspecified atom stereocenters.